The molecule has 1 aromatic heterocycles. The van der Waals surface area contributed by atoms with Crippen LogP contribution < -0.4 is 4.90 Å². The van der Waals surface area contributed by atoms with Crippen molar-refractivity contribution in [2.24, 2.45) is 0 Å². The Morgan fingerprint density at radius 1 is 0.838 bits per heavy atom. The highest BCUT2D eigenvalue weighted by molar-refractivity contribution is 7.18. The van der Waals surface area contributed by atoms with Gasteiger partial charge in [-0.15, -0.1) is 11.3 Å². The smallest absolute Gasteiger partial charge is 0.137 e. The zero-order valence-corrected chi connectivity index (χ0v) is 21.6. The highest BCUT2D eigenvalue weighted by Crippen LogP contribution is 2.49. The van der Waals surface area contributed by atoms with Crippen molar-refractivity contribution in [1.29, 1.82) is 10.5 Å². The average molecular weight is 502 g/mol. The average Bonchev–Trinajstić information content (AvgIpc) is 3.33. The minimum Gasteiger partial charge on any atom is -0.462 e. The van der Waals surface area contributed by atoms with Crippen LogP contribution in [0, 0.1) is 22.7 Å². The summed E-state index contributed by atoms with van der Waals surface area (Å²) in [7, 11) is 0. The number of nitrogens with zero attached hydrogens (tertiary/aromatic N) is 3. The van der Waals surface area contributed by atoms with Crippen LogP contribution in [0.3, 0.4) is 0 Å². The van der Waals surface area contributed by atoms with Crippen molar-refractivity contribution in [1.82, 2.24) is 0 Å². The van der Waals surface area contributed by atoms with E-state index in [0.717, 1.165) is 18.0 Å². The molecule has 2 aliphatic rings. The van der Waals surface area contributed by atoms with Crippen molar-refractivity contribution >= 4 is 22.4 Å². The van der Waals surface area contributed by atoms with Crippen molar-refractivity contribution in [3.05, 3.63) is 106 Å². The normalized spacial score (nSPS) is 15.4. The molecule has 182 valence electrons. The molecular formula is C32H27N3OS. The summed E-state index contributed by atoms with van der Waals surface area (Å²) < 4.78 is 5.94. The Bertz CT molecular complexity index is 1470. The lowest BCUT2D eigenvalue weighted by molar-refractivity contribution is 0.318. The van der Waals surface area contributed by atoms with E-state index in [9.17, 15) is 10.5 Å². The summed E-state index contributed by atoms with van der Waals surface area (Å²) in [5.41, 5.74) is 5.51. The predicted octanol–water partition coefficient (Wildman–Crippen LogP) is 8.25. The Morgan fingerprint density at radius 2 is 1.46 bits per heavy atom. The Kier molecular flexibility index (Phi) is 7.36. The van der Waals surface area contributed by atoms with Gasteiger partial charge in [-0.25, -0.2) is 0 Å². The number of benzene rings is 2. The molecule has 5 heteroatoms. The molecule has 0 saturated carbocycles. The molecule has 3 heterocycles. The zero-order valence-electron chi connectivity index (χ0n) is 20.8. The first kappa shape index (κ1) is 24.4. The number of piperidine rings is 1. The summed E-state index contributed by atoms with van der Waals surface area (Å²) >= 11 is 1.81. The van der Waals surface area contributed by atoms with Gasteiger partial charge in [0.05, 0.1) is 0 Å². The van der Waals surface area contributed by atoms with E-state index in [-0.39, 0.29) is 5.57 Å². The number of rotatable bonds is 5. The van der Waals surface area contributed by atoms with E-state index < -0.39 is 0 Å². The maximum Gasteiger partial charge on any atom is 0.137 e. The zero-order chi connectivity index (χ0) is 25.6. The van der Waals surface area contributed by atoms with Crippen LogP contribution in [0.4, 0.5) is 5.00 Å². The molecule has 0 N–H and O–H groups in total. The number of hydrogen-bond donors (Lipinski definition) is 0. The molecule has 2 aromatic carbocycles. The highest BCUT2D eigenvalue weighted by atomic mass is 32.1. The maximum absolute atomic E-state index is 9.34. The van der Waals surface area contributed by atoms with Crippen molar-refractivity contribution < 1.29 is 4.74 Å². The van der Waals surface area contributed by atoms with Gasteiger partial charge in [-0.2, -0.15) is 10.5 Å². The summed E-state index contributed by atoms with van der Waals surface area (Å²) in [6, 6.07) is 25.2. The van der Waals surface area contributed by atoms with Crippen LogP contribution in [0.5, 0.6) is 0 Å². The number of thiophene rings is 1. The van der Waals surface area contributed by atoms with Gasteiger partial charge in [-0.1, -0.05) is 60.7 Å². The molecule has 37 heavy (non-hydrogen) atoms. The number of anilines is 1. The minimum absolute atomic E-state index is 0.0772. The molecule has 1 saturated heterocycles. The van der Waals surface area contributed by atoms with Gasteiger partial charge in [0.25, 0.3) is 0 Å². The Hall–Kier alpha value is -4.32. The molecule has 3 aromatic rings. The molecule has 0 aliphatic carbocycles. The van der Waals surface area contributed by atoms with Crippen LogP contribution in [0.1, 0.15) is 31.1 Å². The fourth-order valence-electron chi connectivity index (χ4n) is 4.83. The molecule has 4 nitrogen and oxygen atoms in total. The van der Waals surface area contributed by atoms with Gasteiger partial charge in [0, 0.05) is 34.7 Å². The standard InChI is InChI=1S/C32H27N3OS/c1-23-19-26(27(21-33)22-34)20-28(36-23)15-16-29-30(24-11-5-2-6-12-24)31(25-13-7-3-8-14-25)32(37-29)35-17-9-4-10-18-35/h2-3,5-8,11-16,19-20H,4,9-10,17-18H2,1H3/b16-15+. The fraction of sp³-hybridized carbons (Fsp3) is 0.188. The third kappa shape index (κ3) is 5.28. The van der Waals surface area contributed by atoms with E-state index in [1.807, 2.05) is 42.5 Å². The van der Waals surface area contributed by atoms with Gasteiger partial charge in [-0.3, -0.25) is 0 Å². The number of hydrogen-bond acceptors (Lipinski definition) is 5. The largest absolute Gasteiger partial charge is 0.462 e. The minimum atomic E-state index is 0.0772. The monoisotopic (exact) mass is 501 g/mol. The molecule has 0 radical (unpaired) electrons. The van der Waals surface area contributed by atoms with Crippen LogP contribution in [0.15, 0.2) is 102 Å². The van der Waals surface area contributed by atoms with Gasteiger partial charge < -0.3 is 9.64 Å². The number of allylic oxidation sites excluding steroid dienone is 6. The summed E-state index contributed by atoms with van der Waals surface area (Å²) in [6.45, 7) is 3.96. The van der Waals surface area contributed by atoms with E-state index >= 15 is 0 Å². The number of ether oxygens (including phenoxy) is 1. The predicted molar refractivity (Wildman–Crippen MR) is 151 cm³/mol. The van der Waals surface area contributed by atoms with Crippen molar-refractivity contribution in [3.63, 3.8) is 0 Å². The van der Waals surface area contributed by atoms with Crippen LogP contribution in [-0.2, 0) is 4.74 Å². The van der Waals surface area contributed by atoms with Crippen LogP contribution >= 0.6 is 11.3 Å². The number of nitriles is 2. The van der Waals surface area contributed by atoms with Crippen molar-refractivity contribution in [2.45, 2.75) is 26.2 Å². The van der Waals surface area contributed by atoms with Gasteiger partial charge in [0.15, 0.2) is 0 Å². The topological polar surface area (TPSA) is 60.0 Å². The Morgan fingerprint density at radius 3 is 2.08 bits per heavy atom. The fourth-order valence-corrected chi connectivity index (χ4v) is 6.13. The van der Waals surface area contributed by atoms with E-state index in [1.54, 1.807) is 12.2 Å². The van der Waals surface area contributed by atoms with E-state index in [2.05, 4.69) is 65.6 Å². The molecule has 0 spiro atoms. The Balaban J connectivity index is 1.67. The SMILES string of the molecule is CC1=CC(=C(C#N)C#N)C=C(/C=C/c2sc(N3CCCCC3)c(-c3ccccc3)c2-c2ccccc2)O1. The van der Waals surface area contributed by atoms with E-state index in [0.29, 0.717) is 17.1 Å². The lowest BCUT2D eigenvalue weighted by atomic mass is 9.95. The molecule has 2 aliphatic heterocycles. The van der Waals surface area contributed by atoms with Crippen molar-refractivity contribution in [3.8, 4) is 34.4 Å². The molecule has 1 fully saturated rings. The maximum atomic E-state index is 9.34. The first-order chi connectivity index (χ1) is 18.2. The Labute approximate surface area is 222 Å². The molecule has 5 rings (SSSR count). The second-order valence-electron chi connectivity index (χ2n) is 9.09. The summed E-state index contributed by atoms with van der Waals surface area (Å²) in [5, 5.41) is 20.0. The van der Waals surface area contributed by atoms with Gasteiger partial charge in [0.1, 0.15) is 34.2 Å². The van der Waals surface area contributed by atoms with E-state index in [1.165, 1.54) is 46.5 Å². The summed E-state index contributed by atoms with van der Waals surface area (Å²) in [5.74, 6) is 1.25. The van der Waals surface area contributed by atoms with Crippen LogP contribution in [-0.4, -0.2) is 13.1 Å². The van der Waals surface area contributed by atoms with Crippen LogP contribution in [0.2, 0.25) is 0 Å². The molecule has 0 unspecified atom stereocenters. The first-order valence-corrected chi connectivity index (χ1v) is 13.3. The molecule has 0 bridgehead atoms. The lowest BCUT2D eigenvalue weighted by Crippen LogP contribution is -2.28. The van der Waals surface area contributed by atoms with Gasteiger partial charge in [0.2, 0.25) is 0 Å². The summed E-state index contributed by atoms with van der Waals surface area (Å²) in [6.07, 6.45) is 11.2. The second kappa shape index (κ2) is 11.2. The van der Waals surface area contributed by atoms with Gasteiger partial charge >= 0.3 is 0 Å². The quantitative estimate of drug-likeness (QED) is 0.330. The van der Waals surface area contributed by atoms with E-state index in [4.69, 9.17) is 4.74 Å². The third-order valence-corrected chi connectivity index (χ3v) is 7.75. The molecule has 0 amide bonds. The first-order valence-electron chi connectivity index (χ1n) is 12.5. The third-order valence-electron chi connectivity index (χ3n) is 6.53. The molecule has 0 atom stereocenters. The summed E-state index contributed by atoms with van der Waals surface area (Å²) in [4.78, 5) is 3.69. The molecular weight excluding hydrogens is 474 g/mol. The van der Waals surface area contributed by atoms with Crippen molar-refractivity contribution in [2.75, 3.05) is 18.0 Å². The van der Waals surface area contributed by atoms with Crippen LogP contribution in [0.25, 0.3) is 28.3 Å². The highest BCUT2D eigenvalue weighted by Gasteiger charge is 2.24. The van der Waals surface area contributed by atoms with Gasteiger partial charge in [-0.05, 0) is 61.6 Å². The second-order valence-corrected chi connectivity index (χ2v) is 10.1. The lowest BCUT2D eigenvalue weighted by Gasteiger charge is -2.28.